The lowest BCUT2D eigenvalue weighted by atomic mass is 9.97. The van der Waals surface area contributed by atoms with Gasteiger partial charge in [0.05, 0.1) is 13.2 Å². The standard InChI is InChI=1S/C22H20F6O2/c1-2-16(23)21(27)13-4-5-15(17(24)9-13)14-10-29-20(30-11-14)6-3-12-7-18(25)22(28)19(26)8-12/h4-5,7-9,14,20H,2-3,6,10-11H2,1H3. The summed E-state index contributed by atoms with van der Waals surface area (Å²) in [7, 11) is 0. The summed E-state index contributed by atoms with van der Waals surface area (Å²) in [5, 5.41) is 0. The lowest BCUT2D eigenvalue weighted by Gasteiger charge is -2.30. The monoisotopic (exact) mass is 430 g/mol. The van der Waals surface area contributed by atoms with E-state index < -0.39 is 47.1 Å². The first-order valence-corrected chi connectivity index (χ1v) is 9.50. The van der Waals surface area contributed by atoms with Crippen LogP contribution in [-0.2, 0) is 15.9 Å². The van der Waals surface area contributed by atoms with Gasteiger partial charge in [-0.15, -0.1) is 0 Å². The van der Waals surface area contributed by atoms with Crippen molar-refractivity contribution in [3.05, 3.63) is 76.1 Å². The van der Waals surface area contributed by atoms with Crippen LogP contribution in [0.4, 0.5) is 26.3 Å². The summed E-state index contributed by atoms with van der Waals surface area (Å²) in [5.41, 5.74) is 0.339. The molecular weight excluding hydrogens is 410 g/mol. The number of hydrogen-bond donors (Lipinski definition) is 0. The van der Waals surface area contributed by atoms with Crippen LogP contribution in [0.2, 0.25) is 0 Å². The van der Waals surface area contributed by atoms with E-state index in [9.17, 15) is 26.3 Å². The number of halogens is 6. The van der Waals surface area contributed by atoms with Gasteiger partial charge in [0.1, 0.15) is 11.6 Å². The van der Waals surface area contributed by atoms with Crippen molar-refractivity contribution in [2.45, 2.75) is 38.4 Å². The summed E-state index contributed by atoms with van der Waals surface area (Å²) in [6.45, 7) is 1.69. The van der Waals surface area contributed by atoms with Crippen LogP contribution in [-0.4, -0.2) is 19.5 Å². The highest BCUT2D eigenvalue weighted by molar-refractivity contribution is 5.61. The Morgan fingerprint density at radius 3 is 2.13 bits per heavy atom. The van der Waals surface area contributed by atoms with Gasteiger partial charge < -0.3 is 9.47 Å². The van der Waals surface area contributed by atoms with Crippen LogP contribution in [0.3, 0.4) is 0 Å². The van der Waals surface area contributed by atoms with Gasteiger partial charge in [-0.3, -0.25) is 0 Å². The van der Waals surface area contributed by atoms with Gasteiger partial charge in [-0.05, 0) is 42.2 Å². The molecule has 1 fully saturated rings. The molecule has 162 valence electrons. The van der Waals surface area contributed by atoms with Crippen molar-refractivity contribution in [3.63, 3.8) is 0 Å². The Morgan fingerprint density at radius 2 is 1.57 bits per heavy atom. The smallest absolute Gasteiger partial charge is 0.194 e. The second kappa shape index (κ2) is 9.66. The quantitative estimate of drug-likeness (QED) is 0.393. The van der Waals surface area contributed by atoms with Crippen molar-refractivity contribution in [2.75, 3.05) is 13.2 Å². The predicted octanol–water partition coefficient (Wildman–Crippen LogP) is 6.35. The van der Waals surface area contributed by atoms with Crippen molar-refractivity contribution >= 4 is 5.83 Å². The number of rotatable bonds is 6. The molecule has 0 spiro atoms. The highest BCUT2D eigenvalue weighted by Crippen LogP contribution is 2.30. The molecule has 0 unspecified atom stereocenters. The fourth-order valence-electron chi connectivity index (χ4n) is 3.23. The minimum absolute atomic E-state index is 0.120. The predicted molar refractivity (Wildman–Crippen MR) is 98.9 cm³/mol. The molecule has 2 aromatic carbocycles. The number of benzene rings is 2. The maximum absolute atomic E-state index is 14.4. The molecule has 0 saturated carbocycles. The molecule has 2 aromatic rings. The second-order valence-corrected chi connectivity index (χ2v) is 7.01. The van der Waals surface area contributed by atoms with Crippen molar-refractivity contribution in [2.24, 2.45) is 0 Å². The number of ether oxygens (including phenoxy) is 2. The first-order valence-electron chi connectivity index (χ1n) is 9.50. The fourth-order valence-corrected chi connectivity index (χ4v) is 3.23. The minimum Gasteiger partial charge on any atom is -0.352 e. The number of hydrogen-bond acceptors (Lipinski definition) is 2. The third-order valence-electron chi connectivity index (χ3n) is 4.92. The SMILES string of the molecule is CCC(F)=C(F)c1ccc(C2COC(CCc3cc(F)c(F)c(F)c3)OC2)c(F)c1. The Morgan fingerprint density at radius 1 is 0.933 bits per heavy atom. The molecule has 1 aliphatic rings. The Bertz CT molecular complexity index is 912. The average Bonchev–Trinajstić information content (AvgIpc) is 2.75. The van der Waals surface area contributed by atoms with E-state index in [1.807, 2.05) is 0 Å². The van der Waals surface area contributed by atoms with Crippen molar-refractivity contribution in [3.8, 4) is 0 Å². The van der Waals surface area contributed by atoms with Gasteiger partial charge >= 0.3 is 0 Å². The molecule has 2 nitrogen and oxygen atoms in total. The zero-order chi connectivity index (χ0) is 21.8. The average molecular weight is 430 g/mol. The Kier molecular flexibility index (Phi) is 7.20. The molecule has 30 heavy (non-hydrogen) atoms. The normalized spacial score (nSPS) is 20.2. The summed E-state index contributed by atoms with van der Waals surface area (Å²) in [5.74, 6) is -7.23. The van der Waals surface area contributed by atoms with E-state index in [0.29, 0.717) is 0 Å². The highest BCUT2D eigenvalue weighted by atomic mass is 19.2. The number of aryl methyl sites for hydroxylation is 1. The molecule has 0 N–H and O–H groups in total. The lowest BCUT2D eigenvalue weighted by molar-refractivity contribution is -0.189. The summed E-state index contributed by atoms with van der Waals surface area (Å²) in [6.07, 6.45) is -0.330. The molecule has 1 heterocycles. The van der Waals surface area contributed by atoms with Crippen LogP contribution in [0.1, 0.15) is 42.4 Å². The lowest BCUT2D eigenvalue weighted by Crippen LogP contribution is -2.31. The van der Waals surface area contributed by atoms with Crippen LogP contribution in [0.15, 0.2) is 36.2 Å². The largest absolute Gasteiger partial charge is 0.352 e. The van der Waals surface area contributed by atoms with E-state index in [1.165, 1.54) is 19.1 Å². The summed E-state index contributed by atoms with van der Waals surface area (Å²) in [6, 6.07) is 5.43. The van der Waals surface area contributed by atoms with Crippen LogP contribution < -0.4 is 0 Å². The third kappa shape index (κ3) is 5.05. The van der Waals surface area contributed by atoms with E-state index in [4.69, 9.17) is 9.47 Å². The summed E-state index contributed by atoms with van der Waals surface area (Å²) in [4.78, 5) is 0. The molecule has 0 aliphatic carbocycles. The van der Waals surface area contributed by atoms with Gasteiger partial charge in [0.25, 0.3) is 0 Å². The van der Waals surface area contributed by atoms with Crippen LogP contribution in [0, 0.1) is 23.3 Å². The molecule has 1 aliphatic heterocycles. The van der Waals surface area contributed by atoms with E-state index in [2.05, 4.69) is 0 Å². The van der Waals surface area contributed by atoms with Gasteiger partial charge in [0.2, 0.25) is 0 Å². The van der Waals surface area contributed by atoms with Crippen LogP contribution in [0.25, 0.3) is 5.83 Å². The second-order valence-electron chi connectivity index (χ2n) is 7.01. The van der Waals surface area contributed by atoms with Gasteiger partial charge in [-0.25, -0.2) is 26.3 Å². The van der Waals surface area contributed by atoms with Gasteiger partial charge in [-0.2, -0.15) is 0 Å². The van der Waals surface area contributed by atoms with Crippen LogP contribution >= 0.6 is 0 Å². The summed E-state index contributed by atoms with van der Waals surface area (Å²) < 4.78 is 92.3. The topological polar surface area (TPSA) is 18.5 Å². The molecule has 0 aromatic heterocycles. The minimum atomic E-state index is -1.52. The first kappa shape index (κ1) is 22.4. The molecule has 8 heteroatoms. The van der Waals surface area contributed by atoms with E-state index in [0.717, 1.165) is 18.2 Å². The van der Waals surface area contributed by atoms with Gasteiger partial charge in [0, 0.05) is 17.9 Å². The highest BCUT2D eigenvalue weighted by Gasteiger charge is 2.26. The Hall–Kier alpha value is -2.32. The van der Waals surface area contributed by atoms with Gasteiger partial charge in [-0.1, -0.05) is 19.1 Å². The molecule has 3 rings (SSSR count). The molecule has 0 atom stereocenters. The first-order chi connectivity index (χ1) is 14.3. The molecule has 0 radical (unpaired) electrons. The molecule has 0 amide bonds. The molecule has 1 saturated heterocycles. The Balaban J connectivity index is 1.58. The van der Waals surface area contributed by atoms with Crippen molar-refractivity contribution in [1.82, 2.24) is 0 Å². The van der Waals surface area contributed by atoms with Crippen molar-refractivity contribution in [1.29, 1.82) is 0 Å². The number of allylic oxidation sites excluding steroid dienone is 1. The van der Waals surface area contributed by atoms with E-state index >= 15 is 0 Å². The van der Waals surface area contributed by atoms with E-state index in [-0.39, 0.29) is 49.2 Å². The molecular formula is C22H20F6O2. The molecule has 0 bridgehead atoms. The van der Waals surface area contributed by atoms with Crippen LogP contribution in [0.5, 0.6) is 0 Å². The maximum atomic E-state index is 14.4. The maximum Gasteiger partial charge on any atom is 0.194 e. The Labute approximate surface area is 170 Å². The fraction of sp³-hybridized carbons (Fsp3) is 0.364. The zero-order valence-corrected chi connectivity index (χ0v) is 16.2. The zero-order valence-electron chi connectivity index (χ0n) is 16.2. The van der Waals surface area contributed by atoms with Crippen molar-refractivity contribution < 1.29 is 35.8 Å². The van der Waals surface area contributed by atoms with E-state index in [1.54, 1.807) is 0 Å². The summed E-state index contributed by atoms with van der Waals surface area (Å²) >= 11 is 0. The van der Waals surface area contributed by atoms with Gasteiger partial charge in [0.15, 0.2) is 29.6 Å². The third-order valence-corrected chi connectivity index (χ3v) is 4.92.